The largest absolute Gasteiger partial charge is 0.357 e. The van der Waals surface area contributed by atoms with Gasteiger partial charge in [-0.1, -0.05) is 12.1 Å². The van der Waals surface area contributed by atoms with Crippen LogP contribution < -0.4 is 10.6 Å². The average molecular weight is 525 g/mol. The molecule has 0 saturated carbocycles. The van der Waals surface area contributed by atoms with E-state index in [1.54, 1.807) is 12.1 Å². The highest BCUT2D eigenvalue weighted by Gasteiger charge is 2.06. The first-order valence-electron chi connectivity index (χ1n) is 9.75. The van der Waals surface area contributed by atoms with Crippen LogP contribution in [0, 0.1) is 0 Å². The minimum Gasteiger partial charge on any atom is -0.357 e. The van der Waals surface area contributed by atoms with Gasteiger partial charge in [0.25, 0.3) is 0 Å². The molecule has 1 aromatic rings. The molecule has 162 valence electrons. The topological polar surface area (TPSA) is 73.8 Å². The van der Waals surface area contributed by atoms with E-state index in [0.29, 0.717) is 10.9 Å². The summed E-state index contributed by atoms with van der Waals surface area (Å²) >= 11 is 0. The van der Waals surface area contributed by atoms with E-state index >= 15 is 0 Å². The second kappa shape index (κ2) is 14.2. The molecule has 0 unspecified atom stereocenters. The van der Waals surface area contributed by atoms with Crippen LogP contribution in [-0.2, 0) is 16.3 Å². The Labute approximate surface area is 188 Å². The third-order valence-electron chi connectivity index (χ3n) is 4.47. The lowest BCUT2D eigenvalue weighted by molar-refractivity contribution is 0.269. The Morgan fingerprint density at radius 2 is 1.79 bits per heavy atom. The fraction of sp³-hybridized carbons (Fsp3) is 0.650. The molecule has 28 heavy (non-hydrogen) atoms. The van der Waals surface area contributed by atoms with E-state index in [4.69, 9.17) is 0 Å². The molecule has 6 nitrogen and oxygen atoms in total. The van der Waals surface area contributed by atoms with Crippen LogP contribution in [0.25, 0.3) is 0 Å². The van der Waals surface area contributed by atoms with Gasteiger partial charge in [-0.15, -0.1) is 24.0 Å². The number of nitrogens with one attached hydrogen (secondary N) is 2. The number of hydrogen-bond donors (Lipinski definition) is 2. The normalized spacial score (nSPS) is 12.2. The van der Waals surface area contributed by atoms with Gasteiger partial charge in [-0.05, 0) is 71.3 Å². The number of nitrogens with zero attached hydrogens (tertiary/aromatic N) is 2. The summed E-state index contributed by atoms with van der Waals surface area (Å²) in [6.07, 6.45) is 4.25. The molecular weight excluding hydrogens is 487 g/mol. The van der Waals surface area contributed by atoms with Crippen LogP contribution in [-0.4, -0.2) is 64.8 Å². The van der Waals surface area contributed by atoms with E-state index in [1.807, 2.05) is 12.1 Å². The SMILES string of the molecule is CCNC(=NCCCCN(C)C(C)C)NCCc1ccc(S(C)(=O)=O)cc1.I. The first kappa shape index (κ1) is 27.1. The van der Waals surface area contributed by atoms with Gasteiger partial charge in [0.1, 0.15) is 0 Å². The number of hydrogen-bond acceptors (Lipinski definition) is 4. The number of guanidine groups is 1. The summed E-state index contributed by atoms with van der Waals surface area (Å²) in [5.41, 5.74) is 1.10. The van der Waals surface area contributed by atoms with Crippen LogP contribution in [0.1, 0.15) is 39.2 Å². The van der Waals surface area contributed by atoms with Crippen molar-refractivity contribution in [3.05, 3.63) is 29.8 Å². The van der Waals surface area contributed by atoms with Gasteiger partial charge in [0.2, 0.25) is 0 Å². The molecule has 0 heterocycles. The Morgan fingerprint density at radius 3 is 2.32 bits per heavy atom. The molecule has 0 saturated heterocycles. The third-order valence-corrected chi connectivity index (χ3v) is 5.60. The minimum atomic E-state index is -3.13. The molecule has 0 aliphatic heterocycles. The van der Waals surface area contributed by atoms with Gasteiger partial charge in [-0.25, -0.2) is 8.42 Å². The smallest absolute Gasteiger partial charge is 0.191 e. The van der Waals surface area contributed by atoms with Crippen molar-refractivity contribution in [2.45, 2.75) is 51.0 Å². The Bertz CT molecular complexity index is 676. The van der Waals surface area contributed by atoms with Crippen molar-refractivity contribution < 1.29 is 8.42 Å². The number of unbranched alkanes of at least 4 members (excludes halogenated alkanes) is 1. The molecule has 0 aliphatic carbocycles. The maximum atomic E-state index is 11.5. The van der Waals surface area contributed by atoms with Crippen LogP contribution in [0.2, 0.25) is 0 Å². The van der Waals surface area contributed by atoms with Gasteiger partial charge < -0.3 is 15.5 Å². The van der Waals surface area contributed by atoms with Crippen LogP contribution in [0.4, 0.5) is 0 Å². The standard InChI is InChI=1S/C20H36N4O2S.HI/c1-6-21-20(22-14-7-8-16-24(4)17(2)3)23-15-13-18-9-11-19(12-10-18)27(5,25)26;/h9-12,17H,6-8,13-16H2,1-5H3,(H2,21,22,23);1H. The summed E-state index contributed by atoms with van der Waals surface area (Å²) in [5, 5.41) is 6.61. The molecule has 0 atom stereocenters. The van der Waals surface area contributed by atoms with Crippen LogP contribution in [0.15, 0.2) is 34.2 Å². The summed E-state index contributed by atoms with van der Waals surface area (Å²) in [7, 11) is -0.979. The summed E-state index contributed by atoms with van der Waals surface area (Å²) in [6.45, 7) is 9.95. The van der Waals surface area contributed by atoms with E-state index in [2.05, 4.69) is 48.3 Å². The lowest BCUT2D eigenvalue weighted by Gasteiger charge is -2.20. The Morgan fingerprint density at radius 1 is 1.14 bits per heavy atom. The molecular formula is C20H37IN4O2S. The lowest BCUT2D eigenvalue weighted by atomic mass is 10.1. The lowest BCUT2D eigenvalue weighted by Crippen LogP contribution is -2.38. The predicted octanol–water partition coefficient (Wildman–Crippen LogP) is 2.93. The molecule has 0 spiro atoms. The Balaban J connectivity index is 0.00000729. The maximum absolute atomic E-state index is 11.5. The molecule has 2 N–H and O–H groups in total. The second-order valence-corrected chi connectivity index (χ2v) is 9.15. The maximum Gasteiger partial charge on any atom is 0.191 e. The Kier molecular flexibility index (Phi) is 13.7. The molecule has 0 bridgehead atoms. The van der Waals surface area contributed by atoms with Crippen molar-refractivity contribution in [2.24, 2.45) is 4.99 Å². The highest BCUT2D eigenvalue weighted by molar-refractivity contribution is 14.0. The van der Waals surface area contributed by atoms with Gasteiger partial charge in [0.05, 0.1) is 4.90 Å². The zero-order chi connectivity index (χ0) is 20.3. The van der Waals surface area contributed by atoms with Crippen LogP contribution >= 0.6 is 24.0 Å². The highest BCUT2D eigenvalue weighted by Crippen LogP contribution is 2.10. The van der Waals surface area contributed by atoms with Gasteiger partial charge in [0.15, 0.2) is 15.8 Å². The number of aliphatic imine (C=N–C) groups is 1. The monoisotopic (exact) mass is 524 g/mol. The van der Waals surface area contributed by atoms with E-state index in [-0.39, 0.29) is 24.0 Å². The van der Waals surface area contributed by atoms with E-state index in [9.17, 15) is 8.42 Å². The van der Waals surface area contributed by atoms with E-state index < -0.39 is 9.84 Å². The van der Waals surface area contributed by atoms with Crippen molar-refractivity contribution >= 4 is 39.8 Å². The quantitative estimate of drug-likeness (QED) is 0.202. The molecule has 0 aromatic heterocycles. The fourth-order valence-electron chi connectivity index (χ4n) is 2.49. The van der Waals surface area contributed by atoms with E-state index in [0.717, 1.165) is 57.0 Å². The summed E-state index contributed by atoms with van der Waals surface area (Å²) in [6, 6.07) is 7.65. The number of sulfone groups is 1. The summed E-state index contributed by atoms with van der Waals surface area (Å²) in [4.78, 5) is 7.34. The summed E-state index contributed by atoms with van der Waals surface area (Å²) < 4.78 is 23.0. The number of halogens is 1. The van der Waals surface area contributed by atoms with Gasteiger partial charge in [0, 0.05) is 31.9 Å². The fourth-order valence-corrected chi connectivity index (χ4v) is 3.12. The van der Waals surface area contributed by atoms with Crippen molar-refractivity contribution in [3.8, 4) is 0 Å². The van der Waals surface area contributed by atoms with Crippen LogP contribution in [0.5, 0.6) is 0 Å². The summed E-state index contributed by atoms with van der Waals surface area (Å²) in [5.74, 6) is 0.836. The highest BCUT2D eigenvalue weighted by atomic mass is 127. The molecule has 0 amide bonds. The van der Waals surface area contributed by atoms with E-state index in [1.165, 1.54) is 6.26 Å². The van der Waals surface area contributed by atoms with Gasteiger partial charge in [-0.2, -0.15) is 0 Å². The Hall–Kier alpha value is -0.870. The number of rotatable bonds is 11. The average Bonchev–Trinajstić information content (AvgIpc) is 2.60. The minimum absolute atomic E-state index is 0. The second-order valence-electron chi connectivity index (χ2n) is 7.14. The van der Waals surface area contributed by atoms with Crippen molar-refractivity contribution in [3.63, 3.8) is 0 Å². The molecule has 8 heteroatoms. The number of benzene rings is 1. The van der Waals surface area contributed by atoms with Crippen LogP contribution in [0.3, 0.4) is 0 Å². The molecule has 1 rings (SSSR count). The van der Waals surface area contributed by atoms with Gasteiger partial charge >= 0.3 is 0 Å². The molecule has 0 fully saturated rings. The predicted molar refractivity (Wildman–Crippen MR) is 130 cm³/mol. The molecule has 1 aromatic carbocycles. The first-order valence-corrected chi connectivity index (χ1v) is 11.6. The molecule has 0 radical (unpaired) electrons. The van der Waals surface area contributed by atoms with Crippen molar-refractivity contribution in [1.82, 2.24) is 15.5 Å². The third kappa shape index (κ3) is 11.2. The van der Waals surface area contributed by atoms with Crippen molar-refractivity contribution in [2.75, 3.05) is 39.5 Å². The molecule has 0 aliphatic rings. The van der Waals surface area contributed by atoms with Gasteiger partial charge in [-0.3, -0.25) is 4.99 Å². The zero-order valence-corrected chi connectivity index (χ0v) is 21.0. The zero-order valence-electron chi connectivity index (χ0n) is 17.9. The van der Waals surface area contributed by atoms with Crippen molar-refractivity contribution in [1.29, 1.82) is 0 Å². The first-order chi connectivity index (χ1) is 12.7.